The Bertz CT molecular complexity index is 1140. The maximum Gasteiger partial charge on any atom is 0.490 e. The Kier molecular flexibility index (Phi) is 15.3. The summed E-state index contributed by atoms with van der Waals surface area (Å²) in [4.78, 5) is 29.2. The van der Waals surface area contributed by atoms with Crippen LogP contribution >= 0.6 is 0 Å². The second-order valence-electron chi connectivity index (χ2n) is 6.89. The van der Waals surface area contributed by atoms with E-state index >= 15 is 0 Å². The minimum atomic E-state index is -5.08. The second-order valence-corrected chi connectivity index (χ2v) is 6.89. The first-order valence-electron chi connectivity index (χ1n) is 10.5. The van der Waals surface area contributed by atoms with Gasteiger partial charge in [0.1, 0.15) is 11.6 Å². The molecule has 0 bridgehead atoms. The maximum absolute atomic E-state index is 10.6. The number of methoxy groups -OCH3 is 1. The molecule has 3 N–H and O–H groups in total. The number of halogens is 6. The lowest BCUT2D eigenvalue weighted by Crippen LogP contribution is -2.21. The van der Waals surface area contributed by atoms with Gasteiger partial charge in [0.15, 0.2) is 0 Å². The number of aliphatic carboxylic acids is 1. The normalized spacial score (nSPS) is 10.5. The van der Waals surface area contributed by atoms with Crippen LogP contribution in [0.1, 0.15) is 36.1 Å². The number of aromatic amines is 1. The van der Waals surface area contributed by atoms with E-state index in [9.17, 15) is 26.3 Å². The number of aromatic nitrogens is 4. The van der Waals surface area contributed by atoms with Gasteiger partial charge in [-0.2, -0.15) is 26.3 Å². The van der Waals surface area contributed by atoms with Gasteiger partial charge in [-0.15, -0.1) is 0 Å². The third kappa shape index (κ3) is 13.7. The number of nitrogens with one attached hydrogen (secondary N) is 1. The van der Waals surface area contributed by atoms with E-state index in [1.807, 2.05) is 48.2 Å². The van der Waals surface area contributed by atoms with Crippen LogP contribution < -0.4 is 4.74 Å². The Labute approximate surface area is 213 Å². The molecule has 0 aliphatic heterocycles. The van der Waals surface area contributed by atoms with E-state index < -0.39 is 18.8 Å². The number of imidazole rings is 2. The van der Waals surface area contributed by atoms with Crippen LogP contribution in [0.3, 0.4) is 0 Å². The molecule has 9 nitrogen and oxygen atoms in total. The van der Waals surface area contributed by atoms with Crippen molar-refractivity contribution in [3.05, 3.63) is 59.7 Å². The van der Waals surface area contributed by atoms with Gasteiger partial charge < -0.3 is 24.5 Å². The lowest BCUT2D eigenvalue weighted by molar-refractivity contribution is -0.192. The molecule has 0 aliphatic rings. The molecule has 3 rings (SSSR count). The summed E-state index contributed by atoms with van der Waals surface area (Å²) in [6, 6.07) is 6.10. The number of carboxylic acids is 1. The zero-order valence-corrected chi connectivity index (χ0v) is 20.4. The van der Waals surface area contributed by atoms with Crippen molar-refractivity contribution in [2.24, 2.45) is 0 Å². The minimum absolute atomic E-state index is 0.250. The second kappa shape index (κ2) is 17.2. The fourth-order valence-corrected chi connectivity index (χ4v) is 2.60. The SMILES string of the molecule is CCCc1cnc(/C=C/c2ccc(-n3cnc(C)c3)c(OC)c2)[nH]1.FC(F)F.O=C(O)C(F)(F)F.O=CO. The average molecular weight is 552 g/mol. The Morgan fingerprint density at radius 3 is 2.24 bits per heavy atom. The highest BCUT2D eigenvalue weighted by Gasteiger charge is 2.38. The van der Waals surface area contributed by atoms with Crippen molar-refractivity contribution >= 4 is 24.6 Å². The summed E-state index contributed by atoms with van der Waals surface area (Å²) in [5.74, 6) is -1.08. The van der Waals surface area contributed by atoms with Gasteiger partial charge in [-0.3, -0.25) is 4.79 Å². The first-order valence-corrected chi connectivity index (χ1v) is 10.5. The number of carboxylic acid groups (broad SMARTS) is 2. The third-order valence-corrected chi connectivity index (χ3v) is 4.04. The molecule has 0 amide bonds. The van der Waals surface area contributed by atoms with Crippen molar-refractivity contribution < 1.29 is 50.9 Å². The molecule has 2 aromatic heterocycles. The third-order valence-electron chi connectivity index (χ3n) is 4.04. The lowest BCUT2D eigenvalue weighted by Gasteiger charge is -2.09. The van der Waals surface area contributed by atoms with Crippen molar-refractivity contribution in [2.45, 2.75) is 39.5 Å². The van der Waals surface area contributed by atoms with Gasteiger partial charge in [-0.05, 0) is 37.1 Å². The van der Waals surface area contributed by atoms with E-state index in [0.717, 1.165) is 41.4 Å². The predicted octanol–water partition coefficient (Wildman–Crippen LogP) is 5.55. The van der Waals surface area contributed by atoms with Crippen LogP contribution in [0.25, 0.3) is 17.8 Å². The Hall–Kier alpha value is -4.30. The van der Waals surface area contributed by atoms with E-state index in [2.05, 4.69) is 27.9 Å². The van der Waals surface area contributed by atoms with E-state index in [-0.39, 0.29) is 6.47 Å². The minimum Gasteiger partial charge on any atom is -0.495 e. The van der Waals surface area contributed by atoms with Gasteiger partial charge in [-0.25, -0.2) is 14.8 Å². The lowest BCUT2D eigenvalue weighted by atomic mass is 10.1. The number of hydrogen-bond donors (Lipinski definition) is 3. The molecule has 38 heavy (non-hydrogen) atoms. The molecule has 2 heterocycles. The zero-order chi connectivity index (χ0) is 29.3. The largest absolute Gasteiger partial charge is 0.495 e. The van der Waals surface area contributed by atoms with E-state index in [1.165, 1.54) is 5.69 Å². The summed E-state index contributed by atoms with van der Waals surface area (Å²) < 4.78 is 68.2. The van der Waals surface area contributed by atoms with Gasteiger partial charge in [0.25, 0.3) is 6.47 Å². The van der Waals surface area contributed by atoms with E-state index in [1.54, 1.807) is 13.4 Å². The molecule has 3 aromatic rings. The molecule has 210 valence electrons. The quantitative estimate of drug-likeness (QED) is 0.270. The Morgan fingerprint density at radius 1 is 1.21 bits per heavy atom. The number of benzene rings is 1. The van der Waals surface area contributed by atoms with Crippen LogP contribution in [0, 0.1) is 6.92 Å². The molecule has 0 saturated heterocycles. The number of alkyl halides is 6. The molecule has 0 atom stereocenters. The topological polar surface area (TPSA) is 130 Å². The summed E-state index contributed by atoms with van der Waals surface area (Å²) in [5, 5.41) is 14.0. The van der Waals surface area contributed by atoms with Gasteiger partial charge in [-0.1, -0.05) is 25.5 Å². The van der Waals surface area contributed by atoms with Crippen molar-refractivity contribution in [1.29, 1.82) is 0 Å². The Morgan fingerprint density at radius 2 is 1.79 bits per heavy atom. The molecule has 0 spiro atoms. The zero-order valence-electron chi connectivity index (χ0n) is 20.4. The van der Waals surface area contributed by atoms with Crippen LogP contribution in [-0.2, 0) is 16.0 Å². The number of H-pyrrole nitrogens is 1. The highest BCUT2D eigenvalue weighted by molar-refractivity contribution is 5.73. The fourth-order valence-electron chi connectivity index (χ4n) is 2.60. The highest BCUT2D eigenvalue weighted by Crippen LogP contribution is 2.25. The number of carbonyl (C=O) groups is 2. The van der Waals surface area contributed by atoms with Gasteiger partial charge in [0.05, 0.1) is 24.8 Å². The fraction of sp³-hybridized carbons (Fsp3) is 0.304. The molecular weight excluding hydrogens is 526 g/mol. The van der Waals surface area contributed by atoms with Crippen LogP contribution in [0.15, 0.2) is 36.9 Å². The van der Waals surface area contributed by atoms with Crippen molar-refractivity contribution in [3.63, 3.8) is 0 Å². The van der Waals surface area contributed by atoms with Crippen LogP contribution in [0.4, 0.5) is 26.3 Å². The predicted molar refractivity (Wildman–Crippen MR) is 126 cm³/mol. The number of ether oxygens (including phenoxy) is 1. The smallest absolute Gasteiger partial charge is 0.490 e. The van der Waals surface area contributed by atoms with Crippen molar-refractivity contribution in [2.75, 3.05) is 7.11 Å². The van der Waals surface area contributed by atoms with Gasteiger partial charge >= 0.3 is 18.8 Å². The summed E-state index contributed by atoms with van der Waals surface area (Å²) in [7, 11) is 1.68. The Balaban J connectivity index is 0.000000813. The molecule has 0 saturated carbocycles. The molecule has 0 unspecified atom stereocenters. The molecule has 0 fully saturated rings. The van der Waals surface area contributed by atoms with E-state index in [4.69, 9.17) is 24.5 Å². The summed E-state index contributed by atoms with van der Waals surface area (Å²) >= 11 is 0. The summed E-state index contributed by atoms with van der Waals surface area (Å²) in [6.07, 6.45) is 6.72. The maximum atomic E-state index is 10.6. The molecule has 15 heteroatoms. The molecule has 1 aromatic carbocycles. The average Bonchev–Trinajstić information content (AvgIpc) is 3.46. The number of rotatable bonds is 6. The first kappa shape index (κ1) is 33.7. The first-order chi connectivity index (χ1) is 17.8. The number of hydrogen-bond acceptors (Lipinski definition) is 5. The number of aryl methyl sites for hydroxylation is 2. The molecular formula is C23H26F6N4O5. The molecule has 0 aliphatic carbocycles. The van der Waals surface area contributed by atoms with Gasteiger partial charge in [0.2, 0.25) is 0 Å². The van der Waals surface area contributed by atoms with Crippen molar-refractivity contribution in [3.8, 4) is 11.4 Å². The number of nitrogens with zero attached hydrogens (tertiary/aromatic N) is 3. The van der Waals surface area contributed by atoms with Crippen LogP contribution in [0.2, 0.25) is 0 Å². The standard InChI is InChI=1S/C19H22N4O.C2HF3O2.CHF3.CH2O2/c1-4-5-16-11-20-19(22-16)9-7-15-6-8-17(18(10-15)24-3)23-12-14(2)21-13-23;3-2(4,5)1(6)7;2-1(3)4;2-1-3/h6-13H,4-5H2,1-3H3,(H,20,22);(H,6,7);1H;1H,(H,2,3)/b9-7+;;;. The van der Waals surface area contributed by atoms with Gasteiger partial charge in [0, 0.05) is 18.1 Å². The van der Waals surface area contributed by atoms with Crippen molar-refractivity contribution in [1.82, 2.24) is 19.5 Å². The summed E-state index contributed by atoms with van der Waals surface area (Å²) in [5.41, 5.74) is 4.17. The van der Waals surface area contributed by atoms with Crippen LogP contribution in [-0.4, -0.2) is 62.1 Å². The summed E-state index contributed by atoms with van der Waals surface area (Å²) in [6.45, 7) is 0.211. The molecule has 0 radical (unpaired) electrons. The van der Waals surface area contributed by atoms with Crippen LogP contribution in [0.5, 0.6) is 5.75 Å². The monoisotopic (exact) mass is 552 g/mol. The highest BCUT2D eigenvalue weighted by atomic mass is 19.4. The van der Waals surface area contributed by atoms with E-state index in [0.29, 0.717) is 0 Å².